The van der Waals surface area contributed by atoms with Gasteiger partial charge in [0.25, 0.3) is 0 Å². The van der Waals surface area contributed by atoms with Crippen molar-refractivity contribution < 1.29 is 0 Å². The zero-order valence-corrected chi connectivity index (χ0v) is 36.5. The van der Waals surface area contributed by atoms with Crippen molar-refractivity contribution in [3.05, 3.63) is 249 Å². The summed E-state index contributed by atoms with van der Waals surface area (Å²) >= 11 is 0. The maximum Gasteiger partial charge on any atom is 0.160 e. The molecule has 0 fully saturated rings. The summed E-state index contributed by atoms with van der Waals surface area (Å²) in [4.78, 5) is 10.6. The fourth-order valence-corrected chi connectivity index (χ4v) is 10.2. The summed E-state index contributed by atoms with van der Waals surface area (Å²) in [5, 5.41) is 9.98. The van der Waals surface area contributed by atoms with Gasteiger partial charge in [0.15, 0.2) is 5.82 Å². The van der Waals surface area contributed by atoms with Gasteiger partial charge in [-0.15, -0.1) is 0 Å². The van der Waals surface area contributed by atoms with Crippen LogP contribution in [0.3, 0.4) is 0 Å². The lowest BCUT2D eigenvalue weighted by Gasteiger charge is -2.15. The molecule has 2 heterocycles. The summed E-state index contributed by atoms with van der Waals surface area (Å²) in [6.07, 6.45) is 0. The van der Waals surface area contributed by atoms with Crippen LogP contribution in [0.15, 0.2) is 249 Å². The summed E-state index contributed by atoms with van der Waals surface area (Å²) in [7, 11) is 0. The van der Waals surface area contributed by atoms with E-state index >= 15 is 0 Å². The van der Waals surface area contributed by atoms with E-state index in [9.17, 15) is 0 Å². The lowest BCUT2D eigenvalue weighted by molar-refractivity contribution is 1.18. The molecule has 0 aliphatic carbocycles. The predicted molar refractivity (Wildman–Crippen MR) is 282 cm³/mol. The number of nitrogens with zero attached hydrogens (tertiary/aromatic N) is 3. The number of para-hydroxylation sites is 2. The van der Waals surface area contributed by atoms with Crippen LogP contribution in [0.5, 0.6) is 0 Å². The van der Waals surface area contributed by atoms with Gasteiger partial charge in [-0.25, -0.2) is 9.97 Å². The minimum Gasteiger partial charge on any atom is -0.309 e. The fourth-order valence-electron chi connectivity index (χ4n) is 10.2. The van der Waals surface area contributed by atoms with Crippen LogP contribution in [-0.4, -0.2) is 14.5 Å². The monoisotopic (exact) mass is 851 g/mol. The Hall–Kier alpha value is -8.92. The van der Waals surface area contributed by atoms with E-state index < -0.39 is 0 Å². The smallest absolute Gasteiger partial charge is 0.160 e. The van der Waals surface area contributed by atoms with Gasteiger partial charge in [0, 0.05) is 33.2 Å². The Bertz CT molecular complexity index is 3980. The Morgan fingerprint density at radius 3 is 1.55 bits per heavy atom. The van der Waals surface area contributed by atoms with E-state index in [1.54, 1.807) is 0 Å². The first kappa shape index (κ1) is 38.5. The van der Waals surface area contributed by atoms with E-state index in [2.05, 4.69) is 253 Å². The lowest BCUT2D eigenvalue weighted by atomic mass is 9.89. The van der Waals surface area contributed by atoms with E-state index in [1.165, 1.54) is 76.4 Å². The number of fused-ring (bicyclic) bond motifs is 7. The summed E-state index contributed by atoms with van der Waals surface area (Å²) in [5.74, 6) is 0.686. The second kappa shape index (κ2) is 16.0. The molecule has 3 heteroatoms. The molecular weight excluding hydrogens is 811 g/mol. The van der Waals surface area contributed by atoms with E-state index in [0.29, 0.717) is 5.82 Å². The molecule has 13 aromatic rings. The van der Waals surface area contributed by atoms with Gasteiger partial charge in [-0.05, 0) is 102 Å². The molecule has 312 valence electrons. The summed E-state index contributed by atoms with van der Waals surface area (Å²) in [6, 6.07) is 89.4. The molecule has 0 bridgehead atoms. The highest BCUT2D eigenvalue weighted by atomic mass is 15.0. The first-order valence-electron chi connectivity index (χ1n) is 22.9. The summed E-state index contributed by atoms with van der Waals surface area (Å²) in [6.45, 7) is 0. The van der Waals surface area contributed by atoms with E-state index in [4.69, 9.17) is 9.97 Å². The maximum absolute atomic E-state index is 5.28. The SMILES string of the molecule is c1ccc(-c2ccc(-c3nc(-c4ccc(-c5c6ccccc6cc6c5ccc5ccccc56)cc4)cc(-c4ccc(-c5cccc6c5c5ccccc5n6-c5ccccc5)cc4)n3)cc2)cc1. The molecule has 0 aliphatic heterocycles. The standard InChI is InChI=1S/C64H41N3/c1-3-14-42(15-4-1)43-26-36-49(37-27-43)64-65-58(46-30-28-45(29-31-46)53-23-13-25-61-63(53)56-22-11-12-24-60(56)67(61)51-18-5-2-6-19-51)41-59(66-64)47-32-34-48(35-33-47)62-54-21-10-8-17-50(54)40-57-52-20-9-7-16-44(52)38-39-55(57)62/h1-41H. The van der Waals surface area contributed by atoms with E-state index in [0.717, 1.165) is 44.9 Å². The predicted octanol–water partition coefficient (Wildman–Crippen LogP) is 17.0. The molecule has 0 saturated heterocycles. The van der Waals surface area contributed by atoms with Gasteiger partial charge in [-0.1, -0.05) is 212 Å². The van der Waals surface area contributed by atoms with Gasteiger partial charge in [-0.3, -0.25) is 0 Å². The molecule has 13 rings (SSSR count). The zero-order chi connectivity index (χ0) is 44.3. The minimum absolute atomic E-state index is 0.686. The van der Waals surface area contributed by atoms with Crippen molar-refractivity contribution in [2.24, 2.45) is 0 Å². The number of hydrogen-bond acceptors (Lipinski definition) is 2. The highest BCUT2D eigenvalue weighted by Gasteiger charge is 2.18. The Morgan fingerprint density at radius 1 is 0.284 bits per heavy atom. The van der Waals surface area contributed by atoms with Crippen molar-refractivity contribution in [3.63, 3.8) is 0 Å². The molecule has 0 N–H and O–H groups in total. The molecule has 0 radical (unpaired) electrons. The molecule has 0 saturated carbocycles. The van der Waals surface area contributed by atoms with Gasteiger partial charge >= 0.3 is 0 Å². The molecule has 11 aromatic carbocycles. The molecule has 0 spiro atoms. The number of rotatable bonds is 7. The molecule has 0 atom stereocenters. The lowest BCUT2D eigenvalue weighted by Crippen LogP contribution is -1.96. The van der Waals surface area contributed by atoms with Crippen LogP contribution in [0.25, 0.3) is 127 Å². The van der Waals surface area contributed by atoms with Crippen LogP contribution in [0.4, 0.5) is 0 Å². The first-order chi connectivity index (χ1) is 33.2. The third-order valence-electron chi connectivity index (χ3n) is 13.4. The van der Waals surface area contributed by atoms with Crippen molar-refractivity contribution >= 4 is 54.1 Å². The topological polar surface area (TPSA) is 30.7 Å². The third kappa shape index (κ3) is 6.67. The Balaban J connectivity index is 0.924. The Morgan fingerprint density at radius 2 is 0.821 bits per heavy atom. The average molecular weight is 852 g/mol. The second-order valence-corrected chi connectivity index (χ2v) is 17.3. The second-order valence-electron chi connectivity index (χ2n) is 17.3. The third-order valence-corrected chi connectivity index (χ3v) is 13.4. The van der Waals surface area contributed by atoms with Crippen molar-refractivity contribution in [3.8, 4) is 73.0 Å². The van der Waals surface area contributed by atoms with E-state index in [-0.39, 0.29) is 0 Å². The maximum atomic E-state index is 5.28. The van der Waals surface area contributed by atoms with Crippen LogP contribution < -0.4 is 0 Å². The number of hydrogen-bond donors (Lipinski definition) is 0. The van der Waals surface area contributed by atoms with Crippen LogP contribution >= 0.6 is 0 Å². The highest BCUT2D eigenvalue weighted by Crippen LogP contribution is 2.42. The van der Waals surface area contributed by atoms with Crippen molar-refractivity contribution in [2.75, 3.05) is 0 Å². The normalized spacial score (nSPS) is 11.6. The van der Waals surface area contributed by atoms with Crippen molar-refractivity contribution in [1.29, 1.82) is 0 Å². The van der Waals surface area contributed by atoms with E-state index in [1.807, 2.05) is 0 Å². The minimum atomic E-state index is 0.686. The Labute approximate surface area is 388 Å². The fraction of sp³-hybridized carbons (Fsp3) is 0. The number of benzene rings is 11. The number of aromatic nitrogens is 3. The molecule has 0 unspecified atom stereocenters. The highest BCUT2D eigenvalue weighted by molar-refractivity contribution is 6.20. The van der Waals surface area contributed by atoms with Gasteiger partial charge in [-0.2, -0.15) is 0 Å². The first-order valence-corrected chi connectivity index (χ1v) is 22.9. The largest absolute Gasteiger partial charge is 0.309 e. The van der Waals surface area contributed by atoms with Crippen molar-refractivity contribution in [1.82, 2.24) is 14.5 Å². The van der Waals surface area contributed by atoms with Crippen LogP contribution in [0.1, 0.15) is 0 Å². The summed E-state index contributed by atoms with van der Waals surface area (Å²) < 4.78 is 2.37. The molecular formula is C64H41N3. The van der Waals surface area contributed by atoms with Crippen molar-refractivity contribution in [2.45, 2.75) is 0 Å². The Kier molecular flexibility index (Phi) is 9.17. The van der Waals surface area contributed by atoms with Gasteiger partial charge in [0.1, 0.15) is 0 Å². The average Bonchev–Trinajstić information content (AvgIpc) is 3.75. The van der Waals surface area contributed by atoms with Gasteiger partial charge in [0.05, 0.1) is 22.4 Å². The van der Waals surface area contributed by atoms with Gasteiger partial charge < -0.3 is 4.57 Å². The molecule has 3 nitrogen and oxygen atoms in total. The van der Waals surface area contributed by atoms with Gasteiger partial charge in [0.2, 0.25) is 0 Å². The van der Waals surface area contributed by atoms with Crippen LogP contribution in [-0.2, 0) is 0 Å². The van der Waals surface area contributed by atoms with Crippen LogP contribution in [0, 0.1) is 0 Å². The molecule has 0 aliphatic rings. The zero-order valence-electron chi connectivity index (χ0n) is 36.5. The molecule has 0 amide bonds. The quantitative estimate of drug-likeness (QED) is 0.118. The summed E-state index contributed by atoms with van der Waals surface area (Å²) in [5.41, 5.74) is 15.4. The van der Waals surface area contributed by atoms with Crippen LogP contribution in [0.2, 0.25) is 0 Å². The molecule has 67 heavy (non-hydrogen) atoms. The molecule has 2 aromatic heterocycles.